The van der Waals surface area contributed by atoms with Crippen molar-refractivity contribution in [1.29, 1.82) is 0 Å². The molecule has 1 saturated heterocycles. The number of aryl methyl sites for hydroxylation is 1. The van der Waals surface area contributed by atoms with Crippen molar-refractivity contribution in [2.75, 3.05) is 13.2 Å². The van der Waals surface area contributed by atoms with Crippen molar-refractivity contribution in [3.05, 3.63) is 18.2 Å². The summed E-state index contributed by atoms with van der Waals surface area (Å²) in [5, 5.41) is 0. The van der Waals surface area contributed by atoms with Crippen LogP contribution in [0.15, 0.2) is 12.4 Å². The Balaban J connectivity index is 2.07. The van der Waals surface area contributed by atoms with Crippen molar-refractivity contribution >= 4 is 0 Å². The minimum Gasteiger partial charge on any atom is -0.381 e. The Morgan fingerprint density at radius 3 is 3.14 bits per heavy atom. The zero-order valence-corrected chi connectivity index (χ0v) is 8.52. The van der Waals surface area contributed by atoms with Crippen molar-refractivity contribution in [1.82, 2.24) is 9.55 Å². The number of rotatable bonds is 2. The van der Waals surface area contributed by atoms with Gasteiger partial charge in [-0.1, -0.05) is 0 Å². The maximum atomic E-state index is 6.15. The lowest BCUT2D eigenvalue weighted by atomic mass is 9.94. The molecule has 2 heterocycles. The van der Waals surface area contributed by atoms with Crippen LogP contribution in [0.25, 0.3) is 0 Å². The molecule has 0 bridgehead atoms. The second-order valence-electron chi connectivity index (χ2n) is 3.90. The lowest BCUT2D eigenvalue weighted by Crippen LogP contribution is -2.30. The van der Waals surface area contributed by atoms with Crippen LogP contribution in [0.5, 0.6) is 0 Å². The summed E-state index contributed by atoms with van der Waals surface area (Å²) in [5.41, 5.74) is 6.15. The third-order valence-corrected chi connectivity index (χ3v) is 2.86. The first-order chi connectivity index (χ1) is 6.79. The summed E-state index contributed by atoms with van der Waals surface area (Å²) in [6.07, 6.45) is 5.98. The van der Waals surface area contributed by atoms with Gasteiger partial charge in [0.2, 0.25) is 0 Å². The van der Waals surface area contributed by atoms with E-state index in [0.29, 0.717) is 5.92 Å². The summed E-state index contributed by atoms with van der Waals surface area (Å²) in [7, 11) is 1.98. The largest absolute Gasteiger partial charge is 0.381 e. The third kappa shape index (κ3) is 1.81. The van der Waals surface area contributed by atoms with Crippen molar-refractivity contribution in [2.45, 2.75) is 18.9 Å². The SMILES string of the molecule is Cn1ccnc1[C@@H](N)[C@@H]1CCCOC1. The van der Waals surface area contributed by atoms with Gasteiger partial charge in [-0.3, -0.25) is 0 Å². The van der Waals surface area contributed by atoms with E-state index in [4.69, 9.17) is 10.5 Å². The van der Waals surface area contributed by atoms with Crippen LogP contribution in [0.3, 0.4) is 0 Å². The Kier molecular flexibility index (Phi) is 2.84. The Morgan fingerprint density at radius 2 is 2.57 bits per heavy atom. The molecule has 1 aliphatic heterocycles. The highest BCUT2D eigenvalue weighted by atomic mass is 16.5. The van der Waals surface area contributed by atoms with Gasteiger partial charge in [0.1, 0.15) is 5.82 Å². The zero-order chi connectivity index (χ0) is 9.97. The average molecular weight is 195 g/mol. The van der Waals surface area contributed by atoms with E-state index in [0.717, 1.165) is 31.9 Å². The molecule has 0 unspecified atom stereocenters. The molecule has 4 heteroatoms. The van der Waals surface area contributed by atoms with Gasteiger partial charge in [0.15, 0.2) is 0 Å². The topological polar surface area (TPSA) is 53.1 Å². The molecule has 2 atom stereocenters. The van der Waals surface area contributed by atoms with Crippen LogP contribution in [0.2, 0.25) is 0 Å². The second kappa shape index (κ2) is 4.11. The van der Waals surface area contributed by atoms with E-state index >= 15 is 0 Å². The fourth-order valence-electron chi connectivity index (χ4n) is 1.96. The van der Waals surface area contributed by atoms with Gasteiger partial charge in [-0.15, -0.1) is 0 Å². The van der Waals surface area contributed by atoms with E-state index in [2.05, 4.69) is 4.98 Å². The van der Waals surface area contributed by atoms with Crippen LogP contribution in [0.1, 0.15) is 24.7 Å². The van der Waals surface area contributed by atoms with Gasteiger partial charge in [-0.25, -0.2) is 4.98 Å². The lowest BCUT2D eigenvalue weighted by Gasteiger charge is -2.27. The molecule has 14 heavy (non-hydrogen) atoms. The highest BCUT2D eigenvalue weighted by Crippen LogP contribution is 2.25. The predicted octanol–water partition coefficient (Wildman–Crippen LogP) is 0.846. The first kappa shape index (κ1) is 9.68. The second-order valence-corrected chi connectivity index (χ2v) is 3.90. The van der Waals surface area contributed by atoms with E-state index in [-0.39, 0.29) is 6.04 Å². The molecule has 4 nitrogen and oxygen atoms in total. The summed E-state index contributed by atoms with van der Waals surface area (Å²) in [4.78, 5) is 4.27. The summed E-state index contributed by atoms with van der Waals surface area (Å²) in [5.74, 6) is 1.38. The standard InChI is InChI=1S/C10H17N3O/c1-13-5-4-12-10(13)9(11)8-3-2-6-14-7-8/h4-5,8-9H,2-3,6-7,11H2,1H3/t8-,9+/m1/s1. The minimum absolute atomic E-state index is 0.00954. The molecule has 1 aromatic rings. The number of nitrogens with two attached hydrogens (primary N) is 1. The number of hydrogen-bond donors (Lipinski definition) is 1. The normalized spacial score (nSPS) is 24.9. The maximum absolute atomic E-state index is 6.15. The van der Waals surface area contributed by atoms with Gasteiger partial charge >= 0.3 is 0 Å². The zero-order valence-electron chi connectivity index (χ0n) is 8.52. The Morgan fingerprint density at radius 1 is 1.71 bits per heavy atom. The van der Waals surface area contributed by atoms with Gasteiger partial charge in [0.05, 0.1) is 12.6 Å². The van der Waals surface area contributed by atoms with Crippen molar-refractivity contribution in [3.8, 4) is 0 Å². The molecule has 0 aromatic carbocycles. The number of hydrogen-bond acceptors (Lipinski definition) is 3. The maximum Gasteiger partial charge on any atom is 0.125 e. The van der Waals surface area contributed by atoms with Crippen molar-refractivity contribution in [2.24, 2.45) is 18.7 Å². The van der Waals surface area contributed by atoms with E-state index in [1.54, 1.807) is 6.20 Å². The summed E-state index contributed by atoms with van der Waals surface area (Å²) < 4.78 is 7.41. The monoisotopic (exact) mass is 195 g/mol. The Hall–Kier alpha value is -0.870. The van der Waals surface area contributed by atoms with Crippen LogP contribution < -0.4 is 5.73 Å². The fraction of sp³-hybridized carbons (Fsp3) is 0.700. The molecule has 0 amide bonds. The number of imidazole rings is 1. The van der Waals surface area contributed by atoms with Gasteiger partial charge in [0.25, 0.3) is 0 Å². The van der Waals surface area contributed by atoms with E-state index in [1.165, 1.54) is 0 Å². The molecule has 0 aliphatic carbocycles. The van der Waals surface area contributed by atoms with Crippen molar-refractivity contribution < 1.29 is 4.74 Å². The molecule has 78 valence electrons. The molecule has 2 N–H and O–H groups in total. The van der Waals surface area contributed by atoms with E-state index in [1.807, 2.05) is 17.8 Å². The number of ether oxygens (including phenoxy) is 1. The van der Waals surface area contributed by atoms with Crippen molar-refractivity contribution in [3.63, 3.8) is 0 Å². The first-order valence-electron chi connectivity index (χ1n) is 5.09. The van der Waals surface area contributed by atoms with Gasteiger partial charge in [-0.2, -0.15) is 0 Å². The average Bonchev–Trinajstić information content (AvgIpc) is 2.65. The van der Waals surface area contributed by atoms with Crippen LogP contribution in [0, 0.1) is 5.92 Å². The molecule has 1 fully saturated rings. The summed E-state index contributed by atoms with van der Waals surface area (Å²) in [6.45, 7) is 1.65. The van der Waals surface area contributed by atoms with Gasteiger partial charge in [0, 0.05) is 32.0 Å². The summed E-state index contributed by atoms with van der Waals surface area (Å²) in [6, 6.07) is 0.00954. The highest BCUT2D eigenvalue weighted by Gasteiger charge is 2.24. The van der Waals surface area contributed by atoms with Crippen LogP contribution >= 0.6 is 0 Å². The van der Waals surface area contributed by atoms with Gasteiger partial charge < -0.3 is 15.0 Å². The minimum atomic E-state index is 0.00954. The van der Waals surface area contributed by atoms with Crippen LogP contribution in [0.4, 0.5) is 0 Å². The molecule has 1 aliphatic rings. The lowest BCUT2D eigenvalue weighted by molar-refractivity contribution is 0.0433. The number of nitrogens with zero attached hydrogens (tertiary/aromatic N) is 2. The third-order valence-electron chi connectivity index (χ3n) is 2.86. The predicted molar refractivity (Wildman–Crippen MR) is 53.7 cm³/mol. The highest BCUT2D eigenvalue weighted by molar-refractivity contribution is 5.00. The first-order valence-corrected chi connectivity index (χ1v) is 5.09. The Labute approximate surface area is 84.1 Å². The molecule has 2 rings (SSSR count). The molecule has 0 spiro atoms. The Bertz CT molecular complexity index is 291. The number of aromatic nitrogens is 2. The van der Waals surface area contributed by atoms with E-state index in [9.17, 15) is 0 Å². The van der Waals surface area contributed by atoms with Crippen LogP contribution in [-0.2, 0) is 11.8 Å². The molecule has 1 aromatic heterocycles. The van der Waals surface area contributed by atoms with Gasteiger partial charge in [-0.05, 0) is 12.8 Å². The fourth-order valence-corrected chi connectivity index (χ4v) is 1.96. The molecule has 0 radical (unpaired) electrons. The quantitative estimate of drug-likeness (QED) is 0.761. The molecular formula is C10H17N3O. The van der Waals surface area contributed by atoms with E-state index < -0.39 is 0 Å². The summed E-state index contributed by atoms with van der Waals surface area (Å²) >= 11 is 0. The molecule has 0 saturated carbocycles. The smallest absolute Gasteiger partial charge is 0.125 e. The van der Waals surface area contributed by atoms with Crippen LogP contribution in [-0.4, -0.2) is 22.8 Å². The molecular weight excluding hydrogens is 178 g/mol.